The second-order valence-corrected chi connectivity index (χ2v) is 8.18. The molecule has 2 aromatic rings. The zero-order valence-electron chi connectivity index (χ0n) is 10.3. The second-order valence-electron chi connectivity index (χ2n) is 4.17. The molecule has 4 nitrogen and oxygen atoms in total. The Morgan fingerprint density at radius 1 is 1.42 bits per heavy atom. The topological polar surface area (TPSA) is 59.3 Å². The summed E-state index contributed by atoms with van der Waals surface area (Å²) in [6.07, 6.45) is 2.81. The van der Waals surface area contributed by atoms with Gasteiger partial charge in [0.15, 0.2) is 0 Å². The molecule has 0 aliphatic heterocycles. The first-order valence-electron chi connectivity index (χ1n) is 5.65. The fourth-order valence-electron chi connectivity index (χ4n) is 1.67. The summed E-state index contributed by atoms with van der Waals surface area (Å²) in [6.45, 7) is 0.361. The van der Waals surface area contributed by atoms with Crippen LogP contribution in [0, 0.1) is 0 Å². The highest BCUT2D eigenvalue weighted by Crippen LogP contribution is 2.31. The van der Waals surface area contributed by atoms with Crippen molar-refractivity contribution in [3.05, 3.63) is 45.5 Å². The third-order valence-corrected chi connectivity index (χ3v) is 4.77. The van der Waals surface area contributed by atoms with E-state index >= 15 is 0 Å². The Morgan fingerprint density at radius 2 is 2.21 bits per heavy atom. The third-order valence-electron chi connectivity index (χ3n) is 2.53. The molecular weight excluding hydrogens is 306 g/mol. The first-order chi connectivity index (χ1) is 8.96. The fraction of sp³-hybridized carbons (Fsp3) is 0.333. The summed E-state index contributed by atoms with van der Waals surface area (Å²) in [4.78, 5) is 0.994. The van der Waals surface area contributed by atoms with Crippen LogP contribution < -0.4 is 5.32 Å². The minimum absolute atomic E-state index is 0.0866. The lowest BCUT2D eigenvalue weighted by molar-refractivity contribution is 0.455. The molecule has 1 N–H and O–H groups in total. The predicted octanol–water partition coefficient (Wildman–Crippen LogP) is 2.72. The first-order valence-corrected chi connectivity index (χ1v) is 8.91. The number of rotatable bonds is 6. The van der Waals surface area contributed by atoms with Gasteiger partial charge in [-0.25, -0.2) is 8.42 Å². The monoisotopic (exact) mass is 319 g/mol. The summed E-state index contributed by atoms with van der Waals surface area (Å²) < 4.78 is 28.4. The van der Waals surface area contributed by atoms with Crippen LogP contribution in [0.25, 0.3) is 0 Å². The average Bonchev–Trinajstić information content (AvgIpc) is 2.94. The number of thiophene rings is 1. The maximum absolute atomic E-state index is 11.2. The van der Waals surface area contributed by atoms with Gasteiger partial charge in [0.05, 0.1) is 16.4 Å². The van der Waals surface area contributed by atoms with E-state index in [0.717, 1.165) is 10.6 Å². The van der Waals surface area contributed by atoms with Crippen molar-refractivity contribution in [2.45, 2.75) is 6.04 Å². The molecule has 19 heavy (non-hydrogen) atoms. The Hall–Kier alpha value is -0.820. The molecule has 0 spiro atoms. The van der Waals surface area contributed by atoms with E-state index in [-0.39, 0.29) is 11.8 Å². The van der Waals surface area contributed by atoms with Crippen LogP contribution in [0.2, 0.25) is 4.34 Å². The van der Waals surface area contributed by atoms with E-state index in [1.807, 2.05) is 18.2 Å². The van der Waals surface area contributed by atoms with Gasteiger partial charge in [-0.2, -0.15) is 0 Å². The summed E-state index contributed by atoms with van der Waals surface area (Å²) >= 11 is 7.38. The highest BCUT2D eigenvalue weighted by atomic mass is 35.5. The summed E-state index contributed by atoms with van der Waals surface area (Å²) in [5.74, 6) is 0.829. The highest BCUT2D eigenvalue weighted by Gasteiger charge is 2.18. The molecular formula is C12H14ClNO3S2. The molecule has 7 heteroatoms. The Bertz CT molecular complexity index is 619. The molecule has 0 saturated carbocycles. The van der Waals surface area contributed by atoms with Crippen LogP contribution in [0.5, 0.6) is 0 Å². The quantitative estimate of drug-likeness (QED) is 0.889. The summed E-state index contributed by atoms with van der Waals surface area (Å²) in [7, 11) is -2.98. The van der Waals surface area contributed by atoms with Crippen molar-refractivity contribution >= 4 is 32.8 Å². The number of furan rings is 1. The number of sulfone groups is 1. The second kappa shape index (κ2) is 6.09. The Labute approximate surface area is 121 Å². The van der Waals surface area contributed by atoms with E-state index in [0.29, 0.717) is 10.9 Å². The molecule has 2 rings (SSSR count). The molecule has 0 aromatic carbocycles. The maximum Gasteiger partial charge on any atom is 0.148 e. The van der Waals surface area contributed by atoms with E-state index in [4.69, 9.17) is 16.0 Å². The van der Waals surface area contributed by atoms with Crippen LogP contribution in [-0.2, 0) is 9.84 Å². The normalized spacial score (nSPS) is 13.6. The molecule has 0 aliphatic carbocycles. The molecule has 0 radical (unpaired) electrons. The molecule has 2 heterocycles. The molecule has 0 bridgehead atoms. The number of halogens is 1. The van der Waals surface area contributed by atoms with Crippen molar-refractivity contribution in [3.63, 3.8) is 0 Å². The first kappa shape index (κ1) is 14.6. The number of nitrogens with one attached hydrogen (secondary N) is 1. The summed E-state index contributed by atoms with van der Waals surface area (Å²) in [5.41, 5.74) is 0. The van der Waals surface area contributed by atoms with Crippen LogP contribution in [-0.4, -0.2) is 27.0 Å². The van der Waals surface area contributed by atoms with Gasteiger partial charge in [-0.1, -0.05) is 11.6 Å². The summed E-state index contributed by atoms with van der Waals surface area (Å²) in [5, 5.41) is 3.19. The molecule has 0 fully saturated rings. The molecule has 0 aliphatic rings. The molecule has 0 saturated heterocycles. The Balaban J connectivity index is 2.12. The third kappa shape index (κ3) is 4.35. The zero-order chi connectivity index (χ0) is 13.9. The molecule has 0 amide bonds. The van der Waals surface area contributed by atoms with Crippen LogP contribution in [0.3, 0.4) is 0 Å². The van der Waals surface area contributed by atoms with Crippen LogP contribution in [0.4, 0.5) is 0 Å². The Morgan fingerprint density at radius 3 is 2.74 bits per heavy atom. The smallest absolute Gasteiger partial charge is 0.148 e. The SMILES string of the molecule is CS(=O)(=O)CCNC(c1ccco1)c1ccc(Cl)s1. The van der Waals surface area contributed by atoms with Gasteiger partial charge in [0, 0.05) is 17.7 Å². The van der Waals surface area contributed by atoms with Gasteiger partial charge in [0.2, 0.25) is 0 Å². The van der Waals surface area contributed by atoms with Gasteiger partial charge in [-0.15, -0.1) is 11.3 Å². The lowest BCUT2D eigenvalue weighted by Gasteiger charge is -2.14. The van der Waals surface area contributed by atoms with Crippen LogP contribution >= 0.6 is 22.9 Å². The van der Waals surface area contributed by atoms with Crippen molar-refractivity contribution in [2.24, 2.45) is 0 Å². The largest absolute Gasteiger partial charge is 0.467 e. The molecule has 1 atom stereocenters. The molecule has 104 valence electrons. The van der Waals surface area contributed by atoms with E-state index in [1.165, 1.54) is 17.6 Å². The van der Waals surface area contributed by atoms with E-state index < -0.39 is 9.84 Å². The Kier molecular flexibility index (Phi) is 4.67. The van der Waals surface area contributed by atoms with Crippen molar-refractivity contribution in [2.75, 3.05) is 18.6 Å². The van der Waals surface area contributed by atoms with Crippen LogP contribution in [0.1, 0.15) is 16.7 Å². The number of hydrogen-bond acceptors (Lipinski definition) is 5. The average molecular weight is 320 g/mol. The highest BCUT2D eigenvalue weighted by molar-refractivity contribution is 7.90. The predicted molar refractivity (Wildman–Crippen MR) is 77.6 cm³/mol. The lowest BCUT2D eigenvalue weighted by atomic mass is 10.2. The fourth-order valence-corrected chi connectivity index (χ4v) is 3.30. The van der Waals surface area contributed by atoms with Crippen molar-refractivity contribution < 1.29 is 12.8 Å². The molecule has 2 aromatic heterocycles. The zero-order valence-corrected chi connectivity index (χ0v) is 12.7. The van der Waals surface area contributed by atoms with E-state index in [2.05, 4.69) is 5.32 Å². The van der Waals surface area contributed by atoms with E-state index in [1.54, 1.807) is 12.3 Å². The van der Waals surface area contributed by atoms with Crippen molar-refractivity contribution in [1.29, 1.82) is 0 Å². The van der Waals surface area contributed by atoms with Gasteiger partial charge in [-0.3, -0.25) is 0 Å². The van der Waals surface area contributed by atoms with Crippen molar-refractivity contribution in [1.82, 2.24) is 5.32 Å². The van der Waals surface area contributed by atoms with Crippen molar-refractivity contribution in [3.8, 4) is 0 Å². The van der Waals surface area contributed by atoms with Gasteiger partial charge < -0.3 is 9.73 Å². The van der Waals surface area contributed by atoms with Gasteiger partial charge >= 0.3 is 0 Å². The maximum atomic E-state index is 11.2. The van der Waals surface area contributed by atoms with Crippen LogP contribution in [0.15, 0.2) is 34.9 Å². The minimum atomic E-state index is -2.98. The standard InChI is InChI=1S/C12H14ClNO3S2/c1-19(15,16)8-6-14-12(9-3-2-7-17-9)10-4-5-11(13)18-10/h2-5,7,12,14H,6,8H2,1H3. The molecule has 1 unspecified atom stereocenters. The van der Waals surface area contributed by atoms with Gasteiger partial charge in [-0.05, 0) is 24.3 Å². The van der Waals surface area contributed by atoms with Gasteiger partial charge in [0.1, 0.15) is 21.6 Å². The summed E-state index contributed by atoms with van der Waals surface area (Å²) in [6, 6.07) is 7.21. The van der Waals surface area contributed by atoms with E-state index in [9.17, 15) is 8.42 Å². The minimum Gasteiger partial charge on any atom is -0.467 e. The van der Waals surface area contributed by atoms with Gasteiger partial charge in [0.25, 0.3) is 0 Å². The number of hydrogen-bond donors (Lipinski definition) is 1. The lowest BCUT2D eigenvalue weighted by Crippen LogP contribution is -2.27.